The van der Waals surface area contributed by atoms with Crippen LogP contribution in [-0.4, -0.2) is 50.8 Å². The van der Waals surface area contributed by atoms with Gasteiger partial charge in [0, 0.05) is 36.1 Å². The molecule has 0 saturated carbocycles. The van der Waals surface area contributed by atoms with E-state index in [0.29, 0.717) is 17.8 Å². The second-order valence-corrected chi connectivity index (χ2v) is 10.1. The number of hydrogen-bond acceptors (Lipinski definition) is 4. The van der Waals surface area contributed by atoms with E-state index in [1.807, 2.05) is 55.7 Å². The second-order valence-electron chi connectivity index (χ2n) is 10.1. The van der Waals surface area contributed by atoms with Crippen LogP contribution in [0.1, 0.15) is 44.5 Å². The van der Waals surface area contributed by atoms with Crippen molar-refractivity contribution in [1.82, 2.24) is 9.47 Å². The molecule has 0 unspecified atom stereocenters. The SMILES string of the molecule is CC(C)(C)[C@H](c1cc(-c2cc(F)ccc2F)cn1Cc1ccccc1)N(CC[C@H](N)C(=O)O)C(=O)CO. The van der Waals surface area contributed by atoms with Crippen molar-refractivity contribution in [3.8, 4) is 11.1 Å². The number of nitrogens with zero attached hydrogens (tertiary/aromatic N) is 2. The van der Waals surface area contributed by atoms with Crippen molar-refractivity contribution in [1.29, 1.82) is 0 Å². The van der Waals surface area contributed by atoms with Gasteiger partial charge in [-0.2, -0.15) is 0 Å². The lowest BCUT2D eigenvalue weighted by molar-refractivity contribution is -0.142. The van der Waals surface area contributed by atoms with E-state index in [2.05, 4.69) is 0 Å². The summed E-state index contributed by atoms with van der Waals surface area (Å²) < 4.78 is 30.7. The molecule has 1 aromatic heterocycles. The number of aliphatic carboxylic acids is 1. The van der Waals surface area contributed by atoms with Crippen LogP contribution in [0.4, 0.5) is 8.78 Å². The minimum Gasteiger partial charge on any atom is -0.480 e. The molecule has 4 N–H and O–H groups in total. The van der Waals surface area contributed by atoms with Crippen molar-refractivity contribution >= 4 is 11.9 Å². The number of carboxylic acid groups (broad SMARTS) is 1. The van der Waals surface area contributed by atoms with Crippen LogP contribution in [0.5, 0.6) is 0 Å². The molecule has 37 heavy (non-hydrogen) atoms. The van der Waals surface area contributed by atoms with Crippen LogP contribution < -0.4 is 5.73 Å². The molecule has 9 heteroatoms. The van der Waals surface area contributed by atoms with E-state index in [1.54, 1.807) is 12.3 Å². The number of rotatable bonds is 10. The van der Waals surface area contributed by atoms with Crippen molar-refractivity contribution in [2.24, 2.45) is 11.1 Å². The summed E-state index contributed by atoms with van der Waals surface area (Å²) in [7, 11) is 0. The molecule has 7 nitrogen and oxygen atoms in total. The molecule has 3 aromatic rings. The first-order valence-electron chi connectivity index (χ1n) is 12.0. The fourth-order valence-electron chi connectivity index (χ4n) is 4.50. The fourth-order valence-corrected chi connectivity index (χ4v) is 4.50. The van der Waals surface area contributed by atoms with E-state index in [1.165, 1.54) is 4.90 Å². The monoisotopic (exact) mass is 513 g/mol. The third-order valence-corrected chi connectivity index (χ3v) is 6.23. The lowest BCUT2D eigenvalue weighted by atomic mass is 9.82. The van der Waals surface area contributed by atoms with E-state index in [0.717, 1.165) is 23.8 Å². The van der Waals surface area contributed by atoms with Gasteiger partial charge in [0.05, 0.1) is 6.04 Å². The second kappa shape index (κ2) is 11.7. The van der Waals surface area contributed by atoms with Gasteiger partial charge in [0.15, 0.2) is 0 Å². The number of carboxylic acids is 1. The molecular weight excluding hydrogens is 480 g/mol. The van der Waals surface area contributed by atoms with Gasteiger partial charge < -0.3 is 25.4 Å². The number of aliphatic hydroxyl groups is 1. The van der Waals surface area contributed by atoms with Crippen molar-refractivity contribution in [2.45, 2.75) is 45.8 Å². The summed E-state index contributed by atoms with van der Waals surface area (Å²) in [6.45, 7) is 5.32. The molecular formula is C28H33F2N3O4. The number of benzene rings is 2. The Kier molecular flexibility index (Phi) is 8.83. The number of carbonyl (C=O) groups is 2. The third kappa shape index (κ3) is 6.81. The predicted octanol–water partition coefficient (Wildman–Crippen LogP) is 4.19. The van der Waals surface area contributed by atoms with Gasteiger partial charge in [0.25, 0.3) is 0 Å². The number of amides is 1. The van der Waals surface area contributed by atoms with Gasteiger partial charge in [-0.15, -0.1) is 0 Å². The van der Waals surface area contributed by atoms with Crippen molar-refractivity contribution in [3.05, 3.63) is 83.7 Å². The van der Waals surface area contributed by atoms with Crippen LogP contribution in [0.15, 0.2) is 60.8 Å². The normalized spacial score (nSPS) is 13.3. The number of aromatic nitrogens is 1. The number of halogens is 2. The standard InChI is InChI=1S/C28H33F2N3O4/c1-28(2,3)26(33(25(35)17-34)12-11-23(31)27(36)37)24-13-19(21-14-20(29)9-10-22(21)30)16-32(24)15-18-7-5-4-6-8-18/h4-10,13-14,16,23,26,34H,11-12,15,17,31H2,1-3H3,(H,36,37)/t23-,26-/m0/s1. The molecule has 0 radical (unpaired) electrons. The van der Waals surface area contributed by atoms with Crippen LogP contribution >= 0.6 is 0 Å². The van der Waals surface area contributed by atoms with E-state index < -0.39 is 47.6 Å². The van der Waals surface area contributed by atoms with Gasteiger partial charge in [-0.1, -0.05) is 51.1 Å². The Balaban J connectivity index is 2.18. The fraction of sp³-hybridized carbons (Fsp3) is 0.357. The highest BCUT2D eigenvalue weighted by atomic mass is 19.1. The molecule has 0 aliphatic carbocycles. The van der Waals surface area contributed by atoms with Crippen LogP contribution in [0.3, 0.4) is 0 Å². The minimum absolute atomic E-state index is 0.0189. The zero-order valence-corrected chi connectivity index (χ0v) is 21.2. The van der Waals surface area contributed by atoms with Gasteiger partial charge in [0.2, 0.25) is 5.91 Å². The number of hydrogen-bond donors (Lipinski definition) is 3. The van der Waals surface area contributed by atoms with Gasteiger partial charge in [-0.05, 0) is 41.7 Å². The molecule has 0 saturated heterocycles. The van der Waals surface area contributed by atoms with Crippen molar-refractivity contribution in [2.75, 3.05) is 13.2 Å². The molecule has 0 fully saturated rings. The Morgan fingerprint density at radius 3 is 2.35 bits per heavy atom. The van der Waals surface area contributed by atoms with E-state index in [4.69, 9.17) is 5.73 Å². The molecule has 1 heterocycles. The smallest absolute Gasteiger partial charge is 0.320 e. The maximum absolute atomic E-state index is 14.7. The van der Waals surface area contributed by atoms with Crippen molar-refractivity contribution in [3.63, 3.8) is 0 Å². The molecule has 0 aliphatic heterocycles. The largest absolute Gasteiger partial charge is 0.480 e. The highest BCUT2D eigenvalue weighted by molar-refractivity contribution is 5.78. The zero-order valence-electron chi connectivity index (χ0n) is 21.2. The quantitative estimate of drug-likeness (QED) is 0.377. The Labute approximate surface area is 215 Å². The van der Waals surface area contributed by atoms with Crippen LogP contribution in [0.25, 0.3) is 11.1 Å². The van der Waals surface area contributed by atoms with Crippen LogP contribution in [-0.2, 0) is 16.1 Å². The lowest BCUT2D eigenvalue weighted by Crippen LogP contribution is -2.46. The molecule has 198 valence electrons. The summed E-state index contributed by atoms with van der Waals surface area (Å²) in [5.74, 6) is -2.96. The first-order chi connectivity index (χ1) is 17.4. The van der Waals surface area contributed by atoms with Gasteiger partial charge >= 0.3 is 5.97 Å². The first kappa shape index (κ1) is 28.0. The molecule has 3 rings (SSSR count). The first-order valence-corrected chi connectivity index (χ1v) is 12.0. The average molecular weight is 514 g/mol. The number of carbonyl (C=O) groups excluding carboxylic acids is 1. The van der Waals surface area contributed by atoms with Gasteiger partial charge in [-0.3, -0.25) is 9.59 Å². The maximum Gasteiger partial charge on any atom is 0.320 e. The molecule has 0 bridgehead atoms. The molecule has 0 aliphatic rings. The van der Waals surface area contributed by atoms with Crippen LogP contribution in [0, 0.1) is 17.0 Å². The molecule has 2 aromatic carbocycles. The summed E-state index contributed by atoms with van der Waals surface area (Å²) in [5, 5.41) is 19.0. The number of nitrogens with two attached hydrogens (primary N) is 1. The summed E-state index contributed by atoms with van der Waals surface area (Å²) in [6.07, 6.45) is 1.68. The minimum atomic E-state index is -1.19. The topological polar surface area (TPSA) is 109 Å². The summed E-state index contributed by atoms with van der Waals surface area (Å²) >= 11 is 0. The molecule has 1 amide bonds. The van der Waals surface area contributed by atoms with E-state index in [-0.39, 0.29) is 18.5 Å². The highest BCUT2D eigenvalue weighted by Crippen LogP contribution is 2.41. The summed E-state index contributed by atoms with van der Waals surface area (Å²) in [4.78, 5) is 25.7. The summed E-state index contributed by atoms with van der Waals surface area (Å²) in [6, 6.07) is 12.6. The number of aliphatic hydroxyl groups excluding tert-OH is 1. The lowest BCUT2D eigenvalue weighted by Gasteiger charge is -2.41. The Hall–Kier alpha value is -3.56. The highest BCUT2D eigenvalue weighted by Gasteiger charge is 2.37. The van der Waals surface area contributed by atoms with Crippen LogP contribution in [0.2, 0.25) is 0 Å². The average Bonchev–Trinajstić information content (AvgIpc) is 3.24. The molecule has 2 atom stereocenters. The Morgan fingerprint density at radius 1 is 1.08 bits per heavy atom. The Morgan fingerprint density at radius 2 is 1.76 bits per heavy atom. The predicted molar refractivity (Wildman–Crippen MR) is 137 cm³/mol. The summed E-state index contributed by atoms with van der Waals surface area (Å²) in [5.41, 5.74) is 7.20. The van der Waals surface area contributed by atoms with Crippen molar-refractivity contribution < 1.29 is 28.6 Å². The molecule has 0 spiro atoms. The van der Waals surface area contributed by atoms with Gasteiger partial charge in [0.1, 0.15) is 24.3 Å². The third-order valence-electron chi connectivity index (χ3n) is 6.23. The Bertz CT molecular complexity index is 1240. The van der Waals surface area contributed by atoms with E-state index in [9.17, 15) is 28.6 Å². The maximum atomic E-state index is 14.7. The van der Waals surface area contributed by atoms with E-state index >= 15 is 0 Å². The van der Waals surface area contributed by atoms with Gasteiger partial charge in [-0.25, -0.2) is 8.78 Å². The zero-order chi connectivity index (χ0) is 27.3.